The summed E-state index contributed by atoms with van der Waals surface area (Å²) in [7, 11) is 6.08. The molecule has 0 aliphatic carbocycles. The van der Waals surface area contributed by atoms with Gasteiger partial charge >= 0.3 is 0 Å². The minimum absolute atomic E-state index is 0.181. The van der Waals surface area contributed by atoms with Crippen molar-refractivity contribution in [2.24, 2.45) is 0 Å². The van der Waals surface area contributed by atoms with Crippen LogP contribution in [0.25, 0.3) is 18.2 Å². The number of amides is 1. The Morgan fingerprint density at radius 3 is 2.08 bits per heavy atom. The van der Waals surface area contributed by atoms with Gasteiger partial charge in [0.25, 0.3) is 0 Å². The van der Waals surface area contributed by atoms with Gasteiger partial charge in [-0.3, -0.25) is 4.79 Å². The fourth-order valence-corrected chi connectivity index (χ4v) is 3.58. The first-order valence-corrected chi connectivity index (χ1v) is 11.6. The van der Waals surface area contributed by atoms with Crippen LogP contribution >= 0.6 is 0 Å². The maximum atomic E-state index is 12.6. The number of ether oxygens (including phenoxy) is 5. The molecule has 3 rings (SSSR count). The van der Waals surface area contributed by atoms with Crippen molar-refractivity contribution in [3.8, 4) is 34.5 Å². The number of benzene rings is 3. The van der Waals surface area contributed by atoms with Crippen LogP contribution in [0.2, 0.25) is 0 Å². The van der Waals surface area contributed by atoms with Gasteiger partial charge in [0.05, 0.1) is 34.1 Å². The molecule has 0 bridgehead atoms. The topological polar surface area (TPSA) is 95.5 Å². The summed E-state index contributed by atoms with van der Waals surface area (Å²) in [6, 6.07) is 14.2. The van der Waals surface area contributed by atoms with Gasteiger partial charge < -0.3 is 34.1 Å². The summed E-state index contributed by atoms with van der Waals surface area (Å²) < 4.78 is 27.0. The van der Waals surface area contributed by atoms with Gasteiger partial charge in [-0.15, -0.1) is 0 Å². The van der Waals surface area contributed by atoms with Crippen molar-refractivity contribution in [1.29, 1.82) is 0 Å². The highest BCUT2D eigenvalue weighted by molar-refractivity contribution is 6.03. The number of hydrogen-bond acceptors (Lipinski definition) is 7. The first-order valence-electron chi connectivity index (χ1n) is 11.6. The largest absolute Gasteiger partial charge is 0.503 e. The molecule has 0 fully saturated rings. The van der Waals surface area contributed by atoms with E-state index in [4.69, 9.17) is 23.7 Å². The monoisotopic (exact) mass is 517 g/mol. The summed E-state index contributed by atoms with van der Waals surface area (Å²) in [5.41, 5.74) is 2.45. The summed E-state index contributed by atoms with van der Waals surface area (Å²) in [4.78, 5) is 12.6. The predicted molar refractivity (Wildman–Crippen MR) is 149 cm³/mol. The molecular formula is C30H31NO7. The van der Waals surface area contributed by atoms with Crippen LogP contribution in [0.15, 0.2) is 67.3 Å². The Morgan fingerprint density at radius 1 is 0.842 bits per heavy atom. The van der Waals surface area contributed by atoms with Crippen molar-refractivity contribution in [2.75, 3.05) is 40.4 Å². The number of phenols is 1. The smallest absolute Gasteiger partial charge is 0.248 e. The van der Waals surface area contributed by atoms with Crippen LogP contribution in [-0.2, 0) is 4.79 Å². The van der Waals surface area contributed by atoms with Crippen molar-refractivity contribution < 1.29 is 33.6 Å². The molecule has 0 unspecified atom stereocenters. The summed E-state index contributed by atoms with van der Waals surface area (Å²) in [5.74, 6) is 1.81. The SMILES string of the molecule is C=CCOc1cccc(/C=C/C(=O)Nc2cc(C=Cc3cc(OC)c(OC)c(OC)c3)cc(OC)c2O)c1. The Hall–Kier alpha value is -4.85. The van der Waals surface area contributed by atoms with E-state index in [-0.39, 0.29) is 17.2 Å². The number of hydrogen-bond donors (Lipinski definition) is 2. The van der Waals surface area contributed by atoms with Crippen molar-refractivity contribution in [2.45, 2.75) is 0 Å². The summed E-state index contributed by atoms with van der Waals surface area (Å²) in [6.45, 7) is 4.02. The van der Waals surface area contributed by atoms with Crippen LogP contribution in [0.3, 0.4) is 0 Å². The summed E-state index contributed by atoms with van der Waals surface area (Å²) in [5, 5.41) is 13.3. The van der Waals surface area contributed by atoms with E-state index in [1.54, 1.807) is 57.7 Å². The van der Waals surface area contributed by atoms with Gasteiger partial charge in [-0.2, -0.15) is 0 Å². The lowest BCUT2D eigenvalue weighted by Crippen LogP contribution is -2.08. The Kier molecular flexibility index (Phi) is 9.82. The molecule has 3 aromatic rings. The second kappa shape index (κ2) is 13.5. The molecule has 8 nitrogen and oxygen atoms in total. The highest BCUT2D eigenvalue weighted by Gasteiger charge is 2.14. The van der Waals surface area contributed by atoms with Crippen LogP contribution < -0.4 is 29.0 Å². The third kappa shape index (κ3) is 7.10. The molecule has 1 amide bonds. The number of aromatic hydroxyl groups is 1. The van der Waals surface area contributed by atoms with Gasteiger partial charge in [-0.25, -0.2) is 0 Å². The van der Waals surface area contributed by atoms with E-state index in [0.29, 0.717) is 35.2 Å². The molecule has 0 saturated carbocycles. The molecule has 3 aromatic carbocycles. The van der Waals surface area contributed by atoms with Crippen LogP contribution in [0.5, 0.6) is 34.5 Å². The van der Waals surface area contributed by atoms with Crippen LogP contribution in [0.1, 0.15) is 16.7 Å². The zero-order valence-electron chi connectivity index (χ0n) is 21.8. The van der Waals surface area contributed by atoms with Crippen molar-refractivity contribution in [3.05, 3.63) is 84.0 Å². The van der Waals surface area contributed by atoms with Crippen molar-refractivity contribution in [3.63, 3.8) is 0 Å². The van der Waals surface area contributed by atoms with Crippen LogP contribution in [0.4, 0.5) is 5.69 Å². The Balaban J connectivity index is 1.82. The van der Waals surface area contributed by atoms with E-state index in [9.17, 15) is 9.90 Å². The van der Waals surface area contributed by atoms with Gasteiger partial charge in [-0.05, 0) is 59.2 Å². The van der Waals surface area contributed by atoms with Crippen LogP contribution in [-0.4, -0.2) is 46.1 Å². The lowest BCUT2D eigenvalue weighted by molar-refractivity contribution is -0.111. The fourth-order valence-electron chi connectivity index (χ4n) is 3.58. The second-order valence-electron chi connectivity index (χ2n) is 7.91. The molecule has 0 heterocycles. The number of methoxy groups -OCH3 is 4. The Labute approximate surface area is 222 Å². The van der Waals surface area contributed by atoms with E-state index in [0.717, 1.165) is 11.1 Å². The number of carbonyl (C=O) groups excluding carboxylic acids is 1. The first kappa shape index (κ1) is 27.7. The van der Waals surface area contributed by atoms with E-state index < -0.39 is 5.91 Å². The van der Waals surface area contributed by atoms with E-state index >= 15 is 0 Å². The third-order valence-corrected chi connectivity index (χ3v) is 5.38. The molecule has 0 aliphatic heterocycles. The molecule has 8 heteroatoms. The molecule has 2 N–H and O–H groups in total. The number of phenolic OH excluding ortho intramolecular Hbond substituents is 1. The van der Waals surface area contributed by atoms with Crippen LogP contribution in [0, 0.1) is 0 Å². The minimum Gasteiger partial charge on any atom is -0.503 e. The average molecular weight is 518 g/mol. The lowest BCUT2D eigenvalue weighted by Gasteiger charge is -2.13. The number of nitrogens with one attached hydrogen (secondary N) is 1. The van der Waals surface area contributed by atoms with Gasteiger partial charge in [-0.1, -0.05) is 36.9 Å². The van der Waals surface area contributed by atoms with E-state index in [2.05, 4.69) is 11.9 Å². The molecular weight excluding hydrogens is 486 g/mol. The predicted octanol–water partition coefficient (Wildman–Crippen LogP) is 5.81. The zero-order chi connectivity index (χ0) is 27.5. The zero-order valence-corrected chi connectivity index (χ0v) is 21.8. The number of anilines is 1. The van der Waals surface area contributed by atoms with Gasteiger partial charge in [0.1, 0.15) is 12.4 Å². The number of rotatable bonds is 12. The summed E-state index contributed by atoms with van der Waals surface area (Å²) >= 11 is 0. The highest BCUT2D eigenvalue weighted by atomic mass is 16.5. The average Bonchev–Trinajstić information content (AvgIpc) is 2.94. The van der Waals surface area contributed by atoms with Gasteiger partial charge in [0.2, 0.25) is 11.7 Å². The molecule has 38 heavy (non-hydrogen) atoms. The maximum absolute atomic E-state index is 12.6. The van der Waals surface area contributed by atoms with Crippen molar-refractivity contribution in [1.82, 2.24) is 0 Å². The third-order valence-electron chi connectivity index (χ3n) is 5.38. The second-order valence-corrected chi connectivity index (χ2v) is 7.91. The first-order chi connectivity index (χ1) is 18.4. The van der Waals surface area contributed by atoms with E-state index in [1.807, 2.05) is 36.4 Å². The summed E-state index contributed by atoms with van der Waals surface area (Å²) in [6.07, 6.45) is 8.33. The highest BCUT2D eigenvalue weighted by Crippen LogP contribution is 2.39. The maximum Gasteiger partial charge on any atom is 0.248 e. The molecule has 0 aliphatic rings. The minimum atomic E-state index is -0.425. The molecule has 0 spiro atoms. The molecule has 198 valence electrons. The quantitative estimate of drug-likeness (QED) is 0.135. The normalized spacial score (nSPS) is 10.8. The molecule has 0 aromatic heterocycles. The Morgan fingerprint density at radius 2 is 1.47 bits per heavy atom. The lowest BCUT2D eigenvalue weighted by atomic mass is 10.1. The molecule has 0 atom stereocenters. The standard InChI is InChI=1S/C30H31NO7/c1-6-14-38-23-9-7-8-20(15-23)12-13-28(32)31-24-16-21(17-25(34-2)29(24)33)10-11-22-18-26(35-3)30(37-5)27(19-22)36-4/h6-13,15-19,33H,1,14H2,2-5H3,(H,31,32)/b11-10?,13-12+. The number of carbonyl (C=O) groups is 1. The van der Waals surface area contributed by atoms with Crippen molar-refractivity contribution >= 4 is 29.8 Å². The fraction of sp³-hybridized carbons (Fsp3) is 0.167. The molecule has 0 radical (unpaired) electrons. The van der Waals surface area contributed by atoms with Gasteiger partial charge in [0, 0.05) is 6.08 Å². The van der Waals surface area contributed by atoms with E-state index in [1.165, 1.54) is 13.2 Å². The Bertz CT molecular complexity index is 1320. The van der Waals surface area contributed by atoms with Gasteiger partial charge in [0.15, 0.2) is 23.0 Å². The molecule has 0 saturated heterocycles.